The van der Waals surface area contributed by atoms with Crippen molar-refractivity contribution in [2.45, 2.75) is 13.2 Å². The molecule has 2 amide bonds. The SMILES string of the molecule is COc1cc(/C=N\NC(=O)C(=O)NCc2ccc(Cl)cc2Cl)ccc1OCc1ccccc1. The summed E-state index contributed by atoms with van der Waals surface area (Å²) in [6.07, 6.45) is 1.39. The van der Waals surface area contributed by atoms with Gasteiger partial charge in [0.1, 0.15) is 6.61 Å². The Hall–Kier alpha value is -3.55. The zero-order valence-electron chi connectivity index (χ0n) is 17.7. The third-order valence-corrected chi connectivity index (χ3v) is 5.05. The first-order chi connectivity index (χ1) is 16.0. The van der Waals surface area contributed by atoms with Crippen LogP contribution in [0.15, 0.2) is 71.8 Å². The van der Waals surface area contributed by atoms with E-state index in [0.717, 1.165) is 5.56 Å². The fraction of sp³-hybridized carbons (Fsp3) is 0.125. The molecule has 7 nitrogen and oxygen atoms in total. The van der Waals surface area contributed by atoms with Gasteiger partial charge in [-0.05, 0) is 47.0 Å². The number of nitrogens with zero attached hydrogens (tertiary/aromatic N) is 1. The summed E-state index contributed by atoms with van der Waals surface area (Å²) < 4.78 is 11.2. The molecule has 0 spiro atoms. The molecule has 9 heteroatoms. The number of hydrogen-bond acceptors (Lipinski definition) is 5. The molecule has 0 aromatic heterocycles. The zero-order valence-corrected chi connectivity index (χ0v) is 19.2. The average molecular weight is 486 g/mol. The van der Waals surface area contributed by atoms with Gasteiger partial charge in [-0.1, -0.05) is 59.6 Å². The summed E-state index contributed by atoms with van der Waals surface area (Å²) in [5.41, 5.74) is 4.49. The molecule has 0 saturated heterocycles. The van der Waals surface area contributed by atoms with Crippen LogP contribution in [0.25, 0.3) is 0 Å². The number of rotatable bonds is 8. The molecule has 0 unspecified atom stereocenters. The van der Waals surface area contributed by atoms with Crippen LogP contribution in [0.5, 0.6) is 11.5 Å². The van der Waals surface area contributed by atoms with Gasteiger partial charge in [0, 0.05) is 16.6 Å². The van der Waals surface area contributed by atoms with Crippen molar-refractivity contribution in [1.29, 1.82) is 0 Å². The number of hydrazone groups is 1. The van der Waals surface area contributed by atoms with E-state index in [2.05, 4.69) is 15.8 Å². The van der Waals surface area contributed by atoms with Gasteiger partial charge in [0.15, 0.2) is 11.5 Å². The minimum absolute atomic E-state index is 0.0770. The molecule has 0 heterocycles. The van der Waals surface area contributed by atoms with Crippen LogP contribution < -0.4 is 20.2 Å². The van der Waals surface area contributed by atoms with E-state index in [1.165, 1.54) is 13.3 Å². The lowest BCUT2D eigenvalue weighted by Gasteiger charge is -2.11. The molecule has 33 heavy (non-hydrogen) atoms. The quantitative estimate of drug-likeness (QED) is 0.282. The monoisotopic (exact) mass is 485 g/mol. The predicted molar refractivity (Wildman–Crippen MR) is 128 cm³/mol. The lowest BCUT2D eigenvalue weighted by molar-refractivity contribution is -0.139. The van der Waals surface area contributed by atoms with Gasteiger partial charge in [-0.15, -0.1) is 0 Å². The number of methoxy groups -OCH3 is 1. The van der Waals surface area contributed by atoms with Crippen molar-refractivity contribution >= 4 is 41.2 Å². The molecule has 0 aliphatic heterocycles. The van der Waals surface area contributed by atoms with Gasteiger partial charge in [0.25, 0.3) is 0 Å². The third kappa shape index (κ3) is 7.24. The highest BCUT2D eigenvalue weighted by Crippen LogP contribution is 2.28. The molecule has 0 atom stereocenters. The van der Waals surface area contributed by atoms with Crippen LogP contribution in [-0.2, 0) is 22.7 Å². The molecule has 3 aromatic rings. The van der Waals surface area contributed by atoms with Crippen LogP contribution in [0.4, 0.5) is 0 Å². The van der Waals surface area contributed by atoms with Crippen molar-refractivity contribution in [3.05, 3.63) is 93.5 Å². The Morgan fingerprint density at radius 3 is 2.48 bits per heavy atom. The fourth-order valence-electron chi connectivity index (χ4n) is 2.76. The highest BCUT2D eigenvalue weighted by molar-refractivity contribution is 6.36. The van der Waals surface area contributed by atoms with Gasteiger partial charge >= 0.3 is 11.8 Å². The van der Waals surface area contributed by atoms with Crippen LogP contribution in [0.1, 0.15) is 16.7 Å². The molecule has 0 aliphatic rings. The highest BCUT2D eigenvalue weighted by Gasteiger charge is 2.13. The van der Waals surface area contributed by atoms with Gasteiger partial charge in [0.2, 0.25) is 0 Å². The van der Waals surface area contributed by atoms with E-state index in [1.807, 2.05) is 30.3 Å². The number of carbonyl (C=O) groups is 2. The molecule has 0 aliphatic carbocycles. The van der Waals surface area contributed by atoms with Crippen molar-refractivity contribution in [3.63, 3.8) is 0 Å². The Balaban J connectivity index is 1.52. The first-order valence-electron chi connectivity index (χ1n) is 9.86. The Labute approximate surface area is 201 Å². The highest BCUT2D eigenvalue weighted by atomic mass is 35.5. The summed E-state index contributed by atoms with van der Waals surface area (Å²) >= 11 is 11.9. The zero-order chi connectivity index (χ0) is 23.6. The van der Waals surface area contributed by atoms with E-state index in [4.69, 9.17) is 32.7 Å². The molecule has 0 bridgehead atoms. The van der Waals surface area contributed by atoms with Gasteiger partial charge in [-0.2, -0.15) is 5.10 Å². The van der Waals surface area contributed by atoms with Gasteiger partial charge < -0.3 is 14.8 Å². The van der Waals surface area contributed by atoms with E-state index in [1.54, 1.807) is 36.4 Å². The standard InChI is InChI=1S/C24H21Cl2N3O4/c1-32-22-11-17(7-10-21(22)33-15-16-5-3-2-4-6-16)13-28-29-24(31)23(30)27-14-18-8-9-19(25)12-20(18)26/h2-13H,14-15H2,1H3,(H,27,30)(H,29,31)/b28-13-. The smallest absolute Gasteiger partial charge is 0.329 e. The number of benzene rings is 3. The van der Waals surface area contributed by atoms with E-state index in [0.29, 0.717) is 39.3 Å². The maximum absolute atomic E-state index is 12.0. The number of ether oxygens (including phenoxy) is 2. The van der Waals surface area contributed by atoms with Gasteiger partial charge in [0.05, 0.1) is 13.3 Å². The Bertz CT molecular complexity index is 1150. The van der Waals surface area contributed by atoms with Crippen LogP contribution in [0.3, 0.4) is 0 Å². The van der Waals surface area contributed by atoms with Crippen LogP contribution in [0, 0.1) is 0 Å². The fourth-order valence-corrected chi connectivity index (χ4v) is 3.23. The minimum atomic E-state index is -0.911. The third-order valence-electron chi connectivity index (χ3n) is 4.47. The second kappa shape index (κ2) is 11.9. The summed E-state index contributed by atoms with van der Waals surface area (Å²) in [5.74, 6) is -0.673. The van der Waals surface area contributed by atoms with E-state index in [9.17, 15) is 9.59 Å². The minimum Gasteiger partial charge on any atom is -0.493 e. The number of carbonyl (C=O) groups excluding carboxylic acids is 2. The van der Waals surface area contributed by atoms with E-state index in [-0.39, 0.29) is 6.54 Å². The first-order valence-corrected chi connectivity index (χ1v) is 10.6. The first kappa shape index (κ1) is 24.1. The molecular formula is C24H21Cl2N3O4. The van der Waals surface area contributed by atoms with Crippen molar-refractivity contribution in [1.82, 2.24) is 10.7 Å². The largest absolute Gasteiger partial charge is 0.493 e. The Morgan fingerprint density at radius 1 is 0.970 bits per heavy atom. The molecule has 0 radical (unpaired) electrons. The maximum Gasteiger partial charge on any atom is 0.329 e. The van der Waals surface area contributed by atoms with Crippen LogP contribution >= 0.6 is 23.2 Å². The number of hydrogen-bond donors (Lipinski definition) is 2. The lowest BCUT2D eigenvalue weighted by Crippen LogP contribution is -2.37. The van der Waals surface area contributed by atoms with E-state index < -0.39 is 11.8 Å². The molecule has 0 fully saturated rings. The summed E-state index contributed by atoms with van der Waals surface area (Å²) in [6, 6.07) is 19.8. The molecule has 3 aromatic carbocycles. The number of nitrogens with one attached hydrogen (secondary N) is 2. The number of amides is 2. The average Bonchev–Trinajstić information content (AvgIpc) is 2.82. The Morgan fingerprint density at radius 2 is 1.76 bits per heavy atom. The molecule has 170 valence electrons. The summed E-state index contributed by atoms with van der Waals surface area (Å²) in [6.45, 7) is 0.477. The summed E-state index contributed by atoms with van der Waals surface area (Å²) in [4.78, 5) is 23.9. The maximum atomic E-state index is 12.0. The molecule has 2 N–H and O–H groups in total. The topological polar surface area (TPSA) is 89.0 Å². The van der Waals surface area contributed by atoms with Crippen molar-refractivity contribution in [2.75, 3.05) is 7.11 Å². The molecule has 3 rings (SSSR count). The summed E-state index contributed by atoms with van der Waals surface area (Å²) in [5, 5.41) is 7.17. The predicted octanol–water partition coefficient (Wildman–Crippen LogP) is 4.35. The van der Waals surface area contributed by atoms with Crippen molar-refractivity contribution in [2.24, 2.45) is 5.10 Å². The van der Waals surface area contributed by atoms with Gasteiger partial charge in [-0.25, -0.2) is 5.43 Å². The second-order valence-electron chi connectivity index (χ2n) is 6.80. The Kier molecular flexibility index (Phi) is 8.69. The number of halogens is 2. The summed E-state index contributed by atoms with van der Waals surface area (Å²) in [7, 11) is 1.53. The second-order valence-corrected chi connectivity index (χ2v) is 7.65. The normalized spacial score (nSPS) is 10.6. The van der Waals surface area contributed by atoms with Crippen LogP contribution in [0.2, 0.25) is 10.0 Å². The lowest BCUT2D eigenvalue weighted by atomic mass is 10.2. The van der Waals surface area contributed by atoms with Crippen molar-refractivity contribution in [3.8, 4) is 11.5 Å². The van der Waals surface area contributed by atoms with Gasteiger partial charge in [-0.3, -0.25) is 9.59 Å². The van der Waals surface area contributed by atoms with E-state index >= 15 is 0 Å². The van der Waals surface area contributed by atoms with Crippen molar-refractivity contribution < 1.29 is 19.1 Å². The molecular weight excluding hydrogens is 465 g/mol. The van der Waals surface area contributed by atoms with Crippen LogP contribution in [-0.4, -0.2) is 25.1 Å². The molecule has 0 saturated carbocycles.